The molecule has 0 fully saturated rings. The standard InChI is InChI=1S/C20H21N5O4S/c1-4-25-18-10-9-16(30(26,27)24(2)3)11-17(18)22-19(25)12-28-15-7-5-14(6-8-15)20-23-21-13-29-20/h5-11,13H,4,12H2,1-3H3. The lowest BCUT2D eigenvalue weighted by Gasteiger charge is -2.11. The third-order valence-corrected chi connectivity index (χ3v) is 6.53. The maximum Gasteiger partial charge on any atom is 0.247 e. The van der Waals surface area contributed by atoms with Crippen molar-refractivity contribution in [3.8, 4) is 17.2 Å². The number of ether oxygens (including phenoxy) is 1. The van der Waals surface area contributed by atoms with Crippen LogP contribution in [0.15, 0.2) is 58.2 Å². The molecule has 0 aliphatic carbocycles. The number of imidazole rings is 1. The molecule has 0 N–H and O–H groups in total. The second kappa shape index (κ2) is 7.88. The van der Waals surface area contributed by atoms with Gasteiger partial charge in [0.15, 0.2) is 0 Å². The Kier molecular flexibility index (Phi) is 5.27. The molecule has 0 saturated carbocycles. The van der Waals surface area contributed by atoms with E-state index in [4.69, 9.17) is 9.15 Å². The molecule has 2 aromatic heterocycles. The first-order valence-corrected chi connectivity index (χ1v) is 10.7. The summed E-state index contributed by atoms with van der Waals surface area (Å²) in [7, 11) is -0.507. The smallest absolute Gasteiger partial charge is 0.247 e. The highest BCUT2D eigenvalue weighted by Gasteiger charge is 2.19. The van der Waals surface area contributed by atoms with Crippen LogP contribution in [-0.4, -0.2) is 46.6 Å². The summed E-state index contributed by atoms with van der Waals surface area (Å²) in [6.45, 7) is 2.94. The van der Waals surface area contributed by atoms with E-state index >= 15 is 0 Å². The average molecular weight is 427 g/mol. The van der Waals surface area contributed by atoms with Gasteiger partial charge in [0.25, 0.3) is 0 Å². The first-order chi connectivity index (χ1) is 14.4. The lowest BCUT2D eigenvalue weighted by atomic mass is 10.2. The van der Waals surface area contributed by atoms with Gasteiger partial charge in [-0.15, -0.1) is 10.2 Å². The van der Waals surface area contributed by atoms with Gasteiger partial charge in [-0.3, -0.25) is 0 Å². The van der Waals surface area contributed by atoms with Gasteiger partial charge in [-0.2, -0.15) is 0 Å². The first-order valence-electron chi connectivity index (χ1n) is 9.31. The predicted molar refractivity (Wildman–Crippen MR) is 110 cm³/mol. The van der Waals surface area contributed by atoms with E-state index in [0.717, 1.165) is 11.1 Å². The second-order valence-electron chi connectivity index (χ2n) is 6.77. The minimum Gasteiger partial charge on any atom is -0.486 e. The van der Waals surface area contributed by atoms with Gasteiger partial charge in [0, 0.05) is 26.2 Å². The molecule has 0 spiro atoms. The molecule has 9 nitrogen and oxygen atoms in total. The Balaban J connectivity index is 1.58. The van der Waals surface area contributed by atoms with Crippen molar-refractivity contribution in [3.63, 3.8) is 0 Å². The molecule has 0 aliphatic heterocycles. The third-order valence-electron chi connectivity index (χ3n) is 4.72. The number of hydrogen-bond acceptors (Lipinski definition) is 7. The molecular weight excluding hydrogens is 406 g/mol. The molecule has 2 heterocycles. The van der Waals surface area contributed by atoms with Crippen LogP contribution in [0.2, 0.25) is 0 Å². The maximum atomic E-state index is 12.4. The van der Waals surface area contributed by atoms with Gasteiger partial charge in [0.05, 0.1) is 15.9 Å². The van der Waals surface area contributed by atoms with Gasteiger partial charge in [-0.25, -0.2) is 17.7 Å². The number of aryl methyl sites for hydroxylation is 1. The zero-order chi connectivity index (χ0) is 21.3. The summed E-state index contributed by atoms with van der Waals surface area (Å²) in [5.41, 5.74) is 2.28. The number of sulfonamides is 1. The minimum atomic E-state index is -3.52. The number of fused-ring (bicyclic) bond motifs is 1. The van der Waals surface area contributed by atoms with Crippen molar-refractivity contribution in [2.75, 3.05) is 14.1 Å². The van der Waals surface area contributed by atoms with Crippen LogP contribution in [0.3, 0.4) is 0 Å². The van der Waals surface area contributed by atoms with E-state index in [2.05, 4.69) is 15.2 Å². The number of rotatable bonds is 7. The monoisotopic (exact) mass is 427 g/mol. The van der Waals surface area contributed by atoms with Crippen molar-refractivity contribution in [1.82, 2.24) is 24.1 Å². The number of benzene rings is 2. The van der Waals surface area contributed by atoms with Crippen molar-refractivity contribution >= 4 is 21.1 Å². The summed E-state index contributed by atoms with van der Waals surface area (Å²) in [6.07, 6.45) is 1.28. The lowest BCUT2D eigenvalue weighted by molar-refractivity contribution is 0.291. The molecule has 10 heteroatoms. The van der Waals surface area contributed by atoms with E-state index in [1.807, 2.05) is 35.8 Å². The third kappa shape index (κ3) is 3.66. The fraction of sp³-hybridized carbons (Fsp3) is 0.250. The zero-order valence-corrected chi connectivity index (χ0v) is 17.6. The van der Waals surface area contributed by atoms with E-state index in [1.165, 1.54) is 24.8 Å². The largest absolute Gasteiger partial charge is 0.486 e. The number of aromatic nitrogens is 4. The summed E-state index contributed by atoms with van der Waals surface area (Å²) in [6, 6.07) is 12.3. The van der Waals surface area contributed by atoms with Crippen molar-refractivity contribution < 1.29 is 17.6 Å². The summed E-state index contributed by atoms with van der Waals surface area (Å²) in [5.74, 6) is 1.83. The van der Waals surface area contributed by atoms with Gasteiger partial charge >= 0.3 is 0 Å². The summed E-state index contributed by atoms with van der Waals surface area (Å²) < 4.78 is 39.1. The zero-order valence-electron chi connectivity index (χ0n) is 16.8. The maximum absolute atomic E-state index is 12.4. The van der Waals surface area contributed by atoms with Crippen LogP contribution in [0.1, 0.15) is 12.7 Å². The first kappa shape index (κ1) is 20.0. The average Bonchev–Trinajstić information content (AvgIpc) is 3.39. The molecule has 2 aromatic carbocycles. The molecule has 0 aliphatic rings. The van der Waals surface area contributed by atoms with Crippen LogP contribution in [0.4, 0.5) is 0 Å². The Labute approximate surface area is 174 Å². The van der Waals surface area contributed by atoms with Crippen LogP contribution in [0.5, 0.6) is 5.75 Å². The molecule has 4 rings (SSSR count). The van der Waals surface area contributed by atoms with Gasteiger partial charge < -0.3 is 13.7 Å². The highest BCUT2D eigenvalue weighted by atomic mass is 32.2. The fourth-order valence-corrected chi connectivity index (χ4v) is 4.06. The van der Waals surface area contributed by atoms with E-state index in [9.17, 15) is 8.42 Å². The molecule has 0 bridgehead atoms. The summed E-state index contributed by atoms with van der Waals surface area (Å²) in [5, 5.41) is 7.54. The molecule has 0 unspecified atom stereocenters. The molecule has 30 heavy (non-hydrogen) atoms. The van der Waals surface area contributed by atoms with Gasteiger partial charge in [-0.05, 0) is 49.4 Å². The predicted octanol–water partition coefficient (Wildman–Crippen LogP) is 2.94. The Morgan fingerprint density at radius 2 is 1.90 bits per heavy atom. The van der Waals surface area contributed by atoms with Crippen LogP contribution in [-0.2, 0) is 23.2 Å². The Morgan fingerprint density at radius 1 is 1.13 bits per heavy atom. The normalized spacial score (nSPS) is 12.0. The van der Waals surface area contributed by atoms with E-state index < -0.39 is 10.0 Å². The lowest BCUT2D eigenvalue weighted by Crippen LogP contribution is -2.22. The van der Waals surface area contributed by atoms with Crippen molar-refractivity contribution in [2.24, 2.45) is 0 Å². The molecular formula is C20H21N5O4S. The fourth-order valence-electron chi connectivity index (χ4n) is 3.13. The quantitative estimate of drug-likeness (QED) is 0.447. The summed E-state index contributed by atoms with van der Waals surface area (Å²) >= 11 is 0. The van der Waals surface area contributed by atoms with E-state index in [1.54, 1.807) is 18.2 Å². The Bertz CT molecular complexity index is 1260. The van der Waals surface area contributed by atoms with Crippen LogP contribution in [0, 0.1) is 0 Å². The highest BCUT2D eigenvalue weighted by Crippen LogP contribution is 2.24. The molecule has 0 radical (unpaired) electrons. The van der Waals surface area contributed by atoms with Gasteiger partial charge in [0.2, 0.25) is 22.3 Å². The van der Waals surface area contributed by atoms with Crippen molar-refractivity contribution in [2.45, 2.75) is 25.0 Å². The van der Waals surface area contributed by atoms with Crippen LogP contribution >= 0.6 is 0 Å². The molecule has 4 aromatic rings. The Morgan fingerprint density at radius 3 is 2.53 bits per heavy atom. The van der Waals surface area contributed by atoms with E-state index in [0.29, 0.717) is 29.5 Å². The highest BCUT2D eigenvalue weighted by molar-refractivity contribution is 7.89. The van der Waals surface area contributed by atoms with Gasteiger partial charge in [0.1, 0.15) is 18.2 Å². The van der Waals surface area contributed by atoms with Crippen molar-refractivity contribution in [1.29, 1.82) is 0 Å². The molecule has 0 saturated heterocycles. The second-order valence-corrected chi connectivity index (χ2v) is 8.92. The van der Waals surface area contributed by atoms with Crippen molar-refractivity contribution in [3.05, 3.63) is 54.7 Å². The molecule has 156 valence electrons. The molecule has 0 amide bonds. The topological polar surface area (TPSA) is 103 Å². The minimum absolute atomic E-state index is 0.213. The Hall–Kier alpha value is -3.24. The van der Waals surface area contributed by atoms with E-state index in [-0.39, 0.29) is 11.5 Å². The van der Waals surface area contributed by atoms with Crippen LogP contribution in [0.25, 0.3) is 22.5 Å². The SMILES string of the molecule is CCn1c(COc2ccc(-c3nnco3)cc2)nc2cc(S(=O)(=O)N(C)C)ccc21. The molecule has 0 atom stereocenters. The van der Waals surface area contributed by atoms with Crippen LogP contribution < -0.4 is 4.74 Å². The van der Waals surface area contributed by atoms with Gasteiger partial charge in [-0.1, -0.05) is 0 Å². The number of hydrogen-bond donors (Lipinski definition) is 0. The summed E-state index contributed by atoms with van der Waals surface area (Å²) in [4.78, 5) is 4.82. The number of nitrogens with zero attached hydrogens (tertiary/aromatic N) is 5.